The molecule has 0 unspecified atom stereocenters. The average Bonchev–Trinajstić information content (AvgIpc) is 3.29. The Morgan fingerprint density at radius 2 is 2.00 bits per heavy atom. The summed E-state index contributed by atoms with van der Waals surface area (Å²) >= 11 is 7.58. The number of hydrogen-bond acceptors (Lipinski definition) is 5. The number of thiophene rings is 1. The molecule has 1 fully saturated rings. The molecule has 1 aromatic carbocycles. The Kier molecular flexibility index (Phi) is 5.29. The van der Waals surface area contributed by atoms with Crippen LogP contribution >= 0.6 is 22.9 Å². The van der Waals surface area contributed by atoms with Crippen molar-refractivity contribution in [3.63, 3.8) is 0 Å². The number of benzene rings is 1. The highest BCUT2D eigenvalue weighted by atomic mass is 35.5. The molecule has 4 nitrogen and oxygen atoms in total. The van der Waals surface area contributed by atoms with E-state index in [2.05, 4.69) is 10.3 Å². The van der Waals surface area contributed by atoms with Crippen molar-refractivity contribution < 1.29 is 9.15 Å². The Bertz CT molecular complexity index is 837. The molecule has 6 heteroatoms. The van der Waals surface area contributed by atoms with Crippen LogP contribution in [-0.2, 0) is 6.54 Å². The number of likely N-dealkylation sites (tertiary alicyclic amines) is 1. The van der Waals surface area contributed by atoms with Gasteiger partial charge in [0.2, 0.25) is 5.89 Å². The number of aryl methyl sites for hydroxylation is 1. The number of ether oxygens (including phenoxy) is 1. The van der Waals surface area contributed by atoms with Gasteiger partial charge in [0.1, 0.15) is 17.6 Å². The molecule has 2 aromatic heterocycles. The van der Waals surface area contributed by atoms with E-state index in [1.807, 2.05) is 42.6 Å². The van der Waals surface area contributed by atoms with Crippen molar-refractivity contribution in [2.75, 3.05) is 13.1 Å². The molecule has 3 heterocycles. The second kappa shape index (κ2) is 7.82. The van der Waals surface area contributed by atoms with Gasteiger partial charge in [-0.3, -0.25) is 4.90 Å². The molecule has 136 valence electrons. The summed E-state index contributed by atoms with van der Waals surface area (Å²) in [5.41, 5.74) is 2.09. The van der Waals surface area contributed by atoms with Crippen molar-refractivity contribution in [3.05, 3.63) is 57.6 Å². The number of hydrogen-bond donors (Lipinski definition) is 0. The zero-order chi connectivity index (χ0) is 17.9. The highest BCUT2D eigenvalue weighted by Gasteiger charge is 2.22. The van der Waals surface area contributed by atoms with Crippen molar-refractivity contribution in [3.8, 4) is 17.2 Å². The van der Waals surface area contributed by atoms with Crippen molar-refractivity contribution in [2.24, 2.45) is 0 Å². The molecule has 1 saturated heterocycles. The van der Waals surface area contributed by atoms with Crippen LogP contribution in [0.1, 0.15) is 24.3 Å². The second-order valence-electron chi connectivity index (χ2n) is 6.58. The van der Waals surface area contributed by atoms with E-state index in [1.54, 1.807) is 11.3 Å². The number of oxazole rings is 1. The zero-order valence-corrected chi connectivity index (χ0v) is 16.2. The summed E-state index contributed by atoms with van der Waals surface area (Å²) in [7, 11) is 0. The summed E-state index contributed by atoms with van der Waals surface area (Å²) in [6.07, 6.45) is 2.28. The SMILES string of the molecule is Cc1oc(-c2ccsc2)nc1CN1CCC(Oc2ccc(Cl)cc2)CC1. The minimum Gasteiger partial charge on any atom is -0.490 e. The molecule has 0 bridgehead atoms. The van der Waals surface area contributed by atoms with Crippen LogP contribution in [0.2, 0.25) is 5.02 Å². The van der Waals surface area contributed by atoms with Crippen LogP contribution in [0.25, 0.3) is 11.5 Å². The Morgan fingerprint density at radius 3 is 2.69 bits per heavy atom. The minimum absolute atomic E-state index is 0.257. The first kappa shape index (κ1) is 17.6. The van der Waals surface area contributed by atoms with Crippen molar-refractivity contribution in [1.82, 2.24) is 9.88 Å². The van der Waals surface area contributed by atoms with Crippen LogP contribution in [0.5, 0.6) is 5.75 Å². The topological polar surface area (TPSA) is 38.5 Å². The molecule has 1 aliphatic rings. The number of halogens is 1. The standard InChI is InChI=1S/C20H21ClN2O2S/c1-14-19(22-20(24-14)15-8-11-26-13-15)12-23-9-6-18(7-10-23)25-17-4-2-16(21)3-5-17/h2-5,8,11,13,18H,6-7,9-10,12H2,1H3. The summed E-state index contributed by atoms with van der Waals surface area (Å²) in [5, 5.41) is 4.84. The van der Waals surface area contributed by atoms with Crippen molar-refractivity contribution in [1.29, 1.82) is 0 Å². The van der Waals surface area contributed by atoms with E-state index in [0.717, 1.165) is 66.2 Å². The van der Waals surface area contributed by atoms with E-state index in [9.17, 15) is 0 Å². The Morgan fingerprint density at radius 1 is 1.23 bits per heavy atom. The second-order valence-corrected chi connectivity index (χ2v) is 7.80. The molecule has 0 aliphatic carbocycles. The van der Waals surface area contributed by atoms with Crippen LogP contribution in [0.15, 0.2) is 45.5 Å². The lowest BCUT2D eigenvalue weighted by atomic mass is 10.1. The van der Waals surface area contributed by atoms with Crippen LogP contribution < -0.4 is 4.74 Å². The van der Waals surface area contributed by atoms with Gasteiger partial charge in [-0.25, -0.2) is 4.98 Å². The molecule has 0 atom stereocenters. The van der Waals surface area contributed by atoms with Crippen molar-refractivity contribution in [2.45, 2.75) is 32.4 Å². The molecular weight excluding hydrogens is 368 g/mol. The number of rotatable bonds is 5. The highest BCUT2D eigenvalue weighted by molar-refractivity contribution is 7.08. The Hall–Kier alpha value is -1.82. The first-order valence-electron chi connectivity index (χ1n) is 8.81. The quantitative estimate of drug-likeness (QED) is 0.585. The third-order valence-electron chi connectivity index (χ3n) is 4.69. The maximum Gasteiger partial charge on any atom is 0.227 e. The zero-order valence-electron chi connectivity index (χ0n) is 14.7. The lowest BCUT2D eigenvalue weighted by molar-refractivity contribution is 0.0960. The summed E-state index contributed by atoms with van der Waals surface area (Å²) in [6.45, 7) is 4.82. The number of piperidine rings is 1. The molecule has 4 rings (SSSR count). The predicted molar refractivity (Wildman–Crippen MR) is 105 cm³/mol. The van der Waals surface area contributed by atoms with E-state index in [-0.39, 0.29) is 6.10 Å². The van der Waals surface area contributed by atoms with Gasteiger partial charge in [0.15, 0.2) is 0 Å². The molecule has 0 spiro atoms. The van der Waals surface area contributed by atoms with E-state index in [1.165, 1.54) is 0 Å². The monoisotopic (exact) mass is 388 g/mol. The van der Waals surface area contributed by atoms with Crippen LogP contribution in [-0.4, -0.2) is 29.1 Å². The van der Waals surface area contributed by atoms with E-state index >= 15 is 0 Å². The lowest BCUT2D eigenvalue weighted by Gasteiger charge is -2.31. The summed E-state index contributed by atoms with van der Waals surface area (Å²) in [5.74, 6) is 2.52. The molecule has 0 saturated carbocycles. The molecule has 3 aromatic rings. The summed E-state index contributed by atoms with van der Waals surface area (Å²) < 4.78 is 11.9. The number of nitrogens with zero attached hydrogens (tertiary/aromatic N) is 2. The maximum absolute atomic E-state index is 6.07. The van der Waals surface area contributed by atoms with E-state index in [4.69, 9.17) is 25.7 Å². The largest absolute Gasteiger partial charge is 0.490 e. The van der Waals surface area contributed by atoms with Gasteiger partial charge in [0.25, 0.3) is 0 Å². The summed E-state index contributed by atoms with van der Waals surface area (Å²) in [6, 6.07) is 9.63. The van der Waals surface area contributed by atoms with Gasteiger partial charge in [-0.05, 0) is 55.5 Å². The van der Waals surface area contributed by atoms with Gasteiger partial charge in [-0.15, -0.1) is 0 Å². The molecular formula is C20H21ClN2O2S. The van der Waals surface area contributed by atoms with Gasteiger partial charge in [0, 0.05) is 35.6 Å². The van der Waals surface area contributed by atoms with Gasteiger partial charge in [0.05, 0.1) is 5.69 Å². The minimum atomic E-state index is 0.257. The summed E-state index contributed by atoms with van der Waals surface area (Å²) in [4.78, 5) is 7.12. The van der Waals surface area contributed by atoms with Gasteiger partial charge >= 0.3 is 0 Å². The van der Waals surface area contributed by atoms with Gasteiger partial charge in [-0.2, -0.15) is 11.3 Å². The third-order valence-corrected chi connectivity index (χ3v) is 5.62. The fourth-order valence-electron chi connectivity index (χ4n) is 3.19. The average molecular weight is 389 g/mol. The fourth-order valence-corrected chi connectivity index (χ4v) is 3.94. The smallest absolute Gasteiger partial charge is 0.227 e. The molecule has 26 heavy (non-hydrogen) atoms. The van der Waals surface area contributed by atoms with E-state index in [0.29, 0.717) is 0 Å². The van der Waals surface area contributed by atoms with E-state index < -0.39 is 0 Å². The maximum atomic E-state index is 6.07. The molecule has 0 N–H and O–H groups in total. The van der Waals surface area contributed by atoms with Gasteiger partial charge in [-0.1, -0.05) is 11.6 Å². The Balaban J connectivity index is 1.32. The number of aromatic nitrogens is 1. The molecule has 1 aliphatic heterocycles. The molecule has 0 radical (unpaired) electrons. The van der Waals surface area contributed by atoms with Crippen LogP contribution in [0.4, 0.5) is 0 Å². The highest BCUT2D eigenvalue weighted by Crippen LogP contribution is 2.26. The third kappa shape index (κ3) is 4.11. The van der Waals surface area contributed by atoms with Crippen LogP contribution in [0, 0.1) is 6.92 Å². The van der Waals surface area contributed by atoms with Gasteiger partial charge < -0.3 is 9.15 Å². The normalized spacial score (nSPS) is 16.1. The van der Waals surface area contributed by atoms with Crippen LogP contribution in [0.3, 0.4) is 0 Å². The Labute approximate surface area is 162 Å². The first-order valence-corrected chi connectivity index (χ1v) is 10.1. The predicted octanol–water partition coefficient (Wildman–Crippen LogP) is 5.41. The fraction of sp³-hybridized carbons (Fsp3) is 0.350. The molecule has 0 amide bonds. The first-order chi connectivity index (χ1) is 12.7. The van der Waals surface area contributed by atoms with Crippen molar-refractivity contribution >= 4 is 22.9 Å². The lowest BCUT2D eigenvalue weighted by Crippen LogP contribution is -2.38.